The second-order valence-electron chi connectivity index (χ2n) is 5.70. The number of anilines is 1. The smallest absolute Gasteiger partial charge is 0.260 e. The standard InChI is InChI=1S/C19H17FN4O3S/c1-27-18-12(5-4-8-21-18)10-22-16(25)9-13-11-28-19(23-13)24-17(26)14-6-2-3-7-15(14)20/h2-8,11H,9-10H2,1H3,(H,22,25)(H,23,24,26). The number of thiazole rings is 1. The molecular formula is C19H17FN4O3S. The van der Waals surface area contributed by atoms with Gasteiger partial charge >= 0.3 is 0 Å². The van der Waals surface area contributed by atoms with E-state index in [0.717, 1.165) is 5.56 Å². The third-order valence-corrected chi connectivity index (χ3v) is 4.56. The number of carbonyl (C=O) groups is 2. The fraction of sp³-hybridized carbons (Fsp3) is 0.158. The largest absolute Gasteiger partial charge is 0.481 e. The van der Waals surface area contributed by atoms with Crippen LogP contribution in [0, 0.1) is 5.82 Å². The minimum atomic E-state index is -0.609. The van der Waals surface area contributed by atoms with Crippen LogP contribution >= 0.6 is 11.3 Å². The van der Waals surface area contributed by atoms with Gasteiger partial charge in [-0.1, -0.05) is 18.2 Å². The van der Waals surface area contributed by atoms with Gasteiger partial charge in [-0.2, -0.15) is 0 Å². The van der Waals surface area contributed by atoms with Gasteiger partial charge in [0.1, 0.15) is 5.82 Å². The van der Waals surface area contributed by atoms with Gasteiger partial charge in [-0.05, 0) is 18.2 Å². The van der Waals surface area contributed by atoms with Crippen LogP contribution in [0.25, 0.3) is 0 Å². The van der Waals surface area contributed by atoms with Gasteiger partial charge in [0.15, 0.2) is 5.13 Å². The van der Waals surface area contributed by atoms with Crippen molar-refractivity contribution in [2.75, 3.05) is 12.4 Å². The second kappa shape index (κ2) is 9.05. The van der Waals surface area contributed by atoms with E-state index in [9.17, 15) is 14.0 Å². The molecule has 144 valence electrons. The highest BCUT2D eigenvalue weighted by Gasteiger charge is 2.14. The van der Waals surface area contributed by atoms with Crippen LogP contribution in [0.4, 0.5) is 9.52 Å². The Bertz CT molecular complexity index is 993. The van der Waals surface area contributed by atoms with Gasteiger partial charge in [-0.25, -0.2) is 14.4 Å². The molecule has 0 radical (unpaired) electrons. The molecule has 0 spiro atoms. The minimum Gasteiger partial charge on any atom is -0.481 e. The minimum absolute atomic E-state index is 0.0502. The molecule has 0 aliphatic heterocycles. The lowest BCUT2D eigenvalue weighted by Gasteiger charge is -2.07. The van der Waals surface area contributed by atoms with Crippen LogP contribution in [0.2, 0.25) is 0 Å². The number of pyridine rings is 1. The predicted octanol–water partition coefficient (Wildman–Crippen LogP) is 2.80. The number of nitrogens with one attached hydrogen (secondary N) is 2. The molecule has 0 saturated heterocycles. The maximum Gasteiger partial charge on any atom is 0.260 e. The van der Waals surface area contributed by atoms with Crippen LogP contribution in [0.5, 0.6) is 5.88 Å². The lowest BCUT2D eigenvalue weighted by molar-refractivity contribution is -0.120. The zero-order chi connectivity index (χ0) is 19.9. The van der Waals surface area contributed by atoms with Crippen LogP contribution in [0.3, 0.4) is 0 Å². The molecule has 28 heavy (non-hydrogen) atoms. The van der Waals surface area contributed by atoms with Crippen molar-refractivity contribution >= 4 is 28.3 Å². The van der Waals surface area contributed by atoms with E-state index in [1.807, 2.05) is 6.07 Å². The Morgan fingerprint density at radius 1 is 1.21 bits per heavy atom. The molecule has 9 heteroatoms. The summed E-state index contributed by atoms with van der Waals surface area (Å²) in [6.07, 6.45) is 1.66. The molecule has 0 atom stereocenters. The van der Waals surface area contributed by atoms with E-state index < -0.39 is 11.7 Å². The predicted molar refractivity (Wildman–Crippen MR) is 103 cm³/mol. The lowest BCUT2D eigenvalue weighted by Crippen LogP contribution is -2.25. The normalized spacial score (nSPS) is 10.4. The van der Waals surface area contributed by atoms with E-state index in [0.29, 0.717) is 16.7 Å². The Balaban J connectivity index is 1.55. The number of ether oxygens (including phenoxy) is 1. The molecule has 0 aliphatic rings. The summed E-state index contributed by atoms with van der Waals surface area (Å²) in [6.45, 7) is 0.275. The summed E-state index contributed by atoms with van der Waals surface area (Å²) in [5.41, 5.74) is 1.20. The van der Waals surface area contributed by atoms with E-state index in [1.165, 1.54) is 36.6 Å². The Kier molecular flexibility index (Phi) is 6.28. The quantitative estimate of drug-likeness (QED) is 0.636. The Labute approximate surface area is 164 Å². The van der Waals surface area contributed by atoms with Gasteiger partial charge in [0.05, 0.1) is 24.8 Å². The van der Waals surface area contributed by atoms with E-state index in [2.05, 4.69) is 20.6 Å². The van der Waals surface area contributed by atoms with Crippen molar-refractivity contribution in [1.29, 1.82) is 0 Å². The van der Waals surface area contributed by atoms with Crippen molar-refractivity contribution in [3.63, 3.8) is 0 Å². The highest BCUT2D eigenvalue weighted by Crippen LogP contribution is 2.18. The van der Waals surface area contributed by atoms with Gasteiger partial charge in [0.2, 0.25) is 11.8 Å². The summed E-state index contributed by atoms with van der Waals surface area (Å²) >= 11 is 1.17. The Morgan fingerprint density at radius 2 is 2.04 bits per heavy atom. The first-order valence-corrected chi connectivity index (χ1v) is 9.19. The molecule has 0 aliphatic carbocycles. The fourth-order valence-electron chi connectivity index (χ4n) is 2.42. The molecule has 2 aromatic heterocycles. The summed E-state index contributed by atoms with van der Waals surface area (Å²) in [4.78, 5) is 32.5. The number of nitrogens with zero attached hydrogens (tertiary/aromatic N) is 2. The number of carbonyl (C=O) groups excluding carboxylic acids is 2. The summed E-state index contributed by atoms with van der Waals surface area (Å²) in [5.74, 6) is -0.980. The van der Waals surface area contributed by atoms with Crippen molar-refractivity contribution in [3.05, 3.63) is 70.6 Å². The van der Waals surface area contributed by atoms with Crippen molar-refractivity contribution in [3.8, 4) is 5.88 Å². The highest BCUT2D eigenvalue weighted by molar-refractivity contribution is 7.14. The monoisotopic (exact) mass is 400 g/mol. The molecule has 0 saturated carbocycles. The zero-order valence-electron chi connectivity index (χ0n) is 14.9. The van der Waals surface area contributed by atoms with Crippen molar-refractivity contribution < 1.29 is 18.7 Å². The molecule has 0 fully saturated rings. The number of rotatable bonds is 7. The molecular weight excluding hydrogens is 383 g/mol. The van der Waals surface area contributed by atoms with Crippen LogP contribution in [0.15, 0.2) is 48.0 Å². The van der Waals surface area contributed by atoms with Crippen LogP contribution in [-0.2, 0) is 17.8 Å². The summed E-state index contributed by atoms with van der Waals surface area (Å²) in [7, 11) is 1.51. The third-order valence-electron chi connectivity index (χ3n) is 3.75. The summed E-state index contributed by atoms with van der Waals surface area (Å²) < 4.78 is 18.8. The molecule has 3 rings (SSSR count). The average molecular weight is 400 g/mol. The van der Waals surface area contributed by atoms with E-state index in [4.69, 9.17) is 4.74 Å². The molecule has 0 unspecified atom stereocenters. The lowest BCUT2D eigenvalue weighted by atomic mass is 10.2. The zero-order valence-corrected chi connectivity index (χ0v) is 15.8. The van der Waals surface area contributed by atoms with E-state index in [-0.39, 0.29) is 24.4 Å². The molecule has 0 bridgehead atoms. The van der Waals surface area contributed by atoms with Crippen LogP contribution in [-0.4, -0.2) is 28.9 Å². The van der Waals surface area contributed by atoms with Gasteiger partial charge in [-0.15, -0.1) is 11.3 Å². The highest BCUT2D eigenvalue weighted by atomic mass is 32.1. The summed E-state index contributed by atoms with van der Waals surface area (Å²) in [6, 6.07) is 9.25. The summed E-state index contributed by atoms with van der Waals surface area (Å²) in [5, 5.41) is 7.28. The SMILES string of the molecule is COc1ncccc1CNC(=O)Cc1csc(NC(=O)c2ccccc2F)n1. The maximum absolute atomic E-state index is 13.7. The number of amides is 2. The van der Waals surface area contributed by atoms with Crippen molar-refractivity contribution in [2.24, 2.45) is 0 Å². The second-order valence-corrected chi connectivity index (χ2v) is 6.56. The number of halogens is 1. The van der Waals surface area contributed by atoms with Crippen molar-refractivity contribution in [2.45, 2.75) is 13.0 Å². The first-order valence-electron chi connectivity index (χ1n) is 8.31. The maximum atomic E-state index is 13.7. The average Bonchev–Trinajstić information content (AvgIpc) is 3.13. The molecule has 7 nitrogen and oxygen atoms in total. The molecule has 3 aromatic rings. The number of hydrogen-bond acceptors (Lipinski definition) is 6. The molecule has 2 N–H and O–H groups in total. The fourth-order valence-corrected chi connectivity index (χ4v) is 3.12. The number of methoxy groups -OCH3 is 1. The number of hydrogen-bond donors (Lipinski definition) is 2. The topological polar surface area (TPSA) is 93.2 Å². The first-order chi connectivity index (χ1) is 13.6. The first kappa shape index (κ1) is 19.4. The van der Waals surface area contributed by atoms with Crippen molar-refractivity contribution in [1.82, 2.24) is 15.3 Å². The third kappa shape index (κ3) is 4.89. The van der Waals surface area contributed by atoms with Gasteiger partial charge in [-0.3, -0.25) is 14.9 Å². The van der Waals surface area contributed by atoms with Gasteiger partial charge < -0.3 is 10.1 Å². The van der Waals surface area contributed by atoms with Gasteiger partial charge in [0.25, 0.3) is 5.91 Å². The Hall–Kier alpha value is -3.33. The van der Waals surface area contributed by atoms with E-state index >= 15 is 0 Å². The van der Waals surface area contributed by atoms with Crippen LogP contribution < -0.4 is 15.4 Å². The molecule has 1 aromatic carbocycles. The molecule has 2 heterocycles. The van der Waals surface area contributed by atoms with Gasteiger partial charge in [0, 0.05) is 23.7 Å². The Morgan fingerprint density at radius 3 is 2.82 bits per heavy atom. The number of benzene rings is 1. The molecule has 2 amide bonds. The van der Waals surface area contributed by atoms with Crippen LogP contribution in [0.1, 0.15) is 21.6 Å². The van der Waals surface area contributed by atoms with E-state index in [1.54, 1.807) is 23.7 Å². The number of aromatic nitrogens is 2.